The van der Waals surface area contributed by atoms with Crippen LogP contribution in [0.5, 0.6) is 0 Å². The summed E-state index contributed by atoms with van der Waals surface area (Å²) in [5.74, 6) is -1.50. The Morgan fingerprint density at radius 2 is 1.82 bits per heavy atom. The SMILES string of the molecule is [2H]C1([2H])N(c2ccc3c(c2)CN(C2CCC(=O)NC2=O)C3=O)C([2H])([2H])C([2H])([2H])N(C(C)(C)C)C1([2H])[2H]. The van der Waals surface area contributed by atoms with Crippen molar-refractivity contribution in [2.75, 3.05) is 30.9 Å². The lowest BCUT2D eigenvalue weighted by molar-refractivity contribution is -0.136. The van der Waals surface area contributed by atoms with Crippen molar-refractivity contribution in [1.29, 1.82) is 0 Å². The Labute approximate surface area is 176 Å². The summed E-state index contributed by atoms with van der Waals surface area (Å²) in [6.07, 6.45) is 0.224. The Balaban J connectivity index is 1.77. The number of hydrogen-bond donors (Lipinski definition) is 1. The van der Waals surface area contributed by atoms with Crippen molar-refractivity contribution in [3.05, 3.63) is 29.3 Å². The van der Waals surface area contributed by atoms with Crippen LogP contribution >= 0.6 is 0 Å². The van der Waals surface area contributed by atoms with E-state index in [0.29, 0.717) is 15.4 Å². The van der Waals surface area contributed by atoms with Gasteiger partial charge < -0.3 is 9.80 Å². The maximum absolute atomic E-state index is 13.0. The Bertz CT molecular complexity index is 1120. The van der Waals surface area contributed by atoms with Crippen molar-refractivity contribution in [3.63, 3.8) is 0 Å². The van der Waals surface area contributed by atoms with Gasteiger partial charge in [0.1, 0.15) is 6.04 Å². The fourth-order valence-corrected chi connectivity index (χ4v) is 3.42. The number of nitrogens with zero attached hydrogens (tertiary/aromatic N) is 3. The molecule has 0 bridgehead atoms. The van der Waals surface area contributed by atoms with Gasteiger partial charge in [0.05, 0.1) is 5.48 Å². The summed E-state index contributed by atoms with van der Waals surface area (Å²) in [6.45, 7) is -7.60. The number of carbonyl (C=O) groups is 3. The molecule has 1 aromatic rings. The predicted octanol–water partition coefficient (Wildman–Crippen LogP) is 1.37. The number of piperidine rings is 1. The van der Waals surface area contributed by atoms with Gasteiger partial charge in [-0.3, -0.25) is 24.6 Å². The summed E-state index contributed by atoms with van der Waals surface area (Å²) < 4.78 is 68.9. The number of piperazine rings is 1. The minimum absolute atomic E-state index is 0.0535. The molecular weight excluding hydrogens is 356 g/mol. The maximum Gasteiger partial charge on any atom is 0.255 e. The molecule has 3 aliphatic heterocycles. The van der Waals surface area contributed by atoms with E-state index >= 15 is 0 Å². The molecule has 3 heterocycles. The fraction of sp³-hybridized carbons (Fsp3) is 0.571. The number of fused-ring (bicyclic) bond motifs is 1. The predicted molar refractivity (Wildman–Crippen MR) is 106 cm³/mol. The lowest BCUT2D eigenvalue weighted by Gasteiger charge is -2.43. The third-order valence-electron chi connectivity index (χ3n) is 4.98. The fourth-order valence-electron chi connectivity index (χ4n) is 3.42. The van der Waals surface area contributed by atoms with Gasteiger partial charge in [-0.25, -0.2) is 0 Å². The summed E-state index contributed by atoms with van der Waals surface area (Å²) in [7, 11) is 0. The molecule has 150 valence electrons. The molecule has 1 N–H and O–H groups in total. The molecule has 0 radical (unpaired) electrons. The second-order valence-electron chi connectivity index (χ2n) is 8.03. The number of benzene rings is 1. The van der Waals surface area contributed by atoms with Crippen molar-refractivity contribution in [1.82, 2.24) is 15.1 Å². The molecule has 3 amide bonds. The number of anilines is 1. The molecule has 2 saturated heterocycles. The van der Waals surface area contributed by atoms with E-state index in [1.807, 2.05) is 0 Å². The normalized spacial score (nSPS) is 35.2. The van der Waals surface area contributed by atoms with Crippen LogP contribution in [-0.2, 0) is 16.1 Å². The zero-order valence-electron chi connectivity index (χ0n) is 24.0. The molecular formula is C21H28N4O3. The van der Waals surface area contributed by atoms with Crippen molar-refractivity contribution in [2.24, 2.45) is 0 Å². The number of hydrogen-bond acceptors (Lipinski definition) is 5. The highest BCUT2D eigenvalue weighted by Gasteiger charge is 2.39. The summed E-state index contributed by atoms with van der Waals surface area (Å²) in [5, 5.41) is 2.21. The first-order valence-electron chi connectivity index (χ1n) is 13.1. The standard InChI is InChI=1S/C21H28N4O3/c1-21(2,3)24-10-8-23(9-11-24)15-4-5-16-14(12-15)13-25(20(16)28)17-6-7-18(26)22-19(17)27/h4-5,12,17H,6-11,13H2,1-3H3,(H,22,26,27)/i8D2,9D2,10D2,11D2. The maximum atomic E-state index is 13.0. The van der Waals surface area contributed by atoms with Crippen molar-refractivity contribution in [2.45, 2.75) is 51.7 Å². The van der Waals surface area contributed by atoms with Crippen LogP contribution in [0.2, 0.25) is 0 Å². The van der Waals surface area contributed by atoms with Crippen LogP contribution in [0.15, 0.2) is 18.2 Å². The first kappa shape index (κ1) is 11.6. The minimum atomic E-state index is -3.03. The summed E-state index contributed by atoms with van der Waals surface area (Å²) >= 11 is 0. The largest absolute Gasteiger partial charge is 0.369 e. The molecule has 4 rings (SSSR count). The molecule has 1 atom stereocenters. The summed E-state index contributed by atoms with van der Waals surface area (Å²) in [5.41, 5.74) is -0.854. The number of amides is 3. The van der Waals surface area contributed by atoms with E-state index in [0.717, 1.165) is 0 Å². The Morgan fingerprint density at radius 3 is 2.46 bits per heavy atom. The third-order valence-corrected chi connectivity index (χ3v) is 4.98. The van der Waals surface area contributed by atoms with Crippen molar-refractivity contribution in [3.8, 4) is 0 Å². The van der Waals surface area contributed by atoms with Gasteiger partial charge in [0.2, 0.25) is 11.8 Å². The average Bonchev–Trinajstić information content (AvgIpc) is 3.01. The van der Waals surface area contributed by atoms with E-state index in [1.54, 1.807) is 0 Å². The topological polar surface area (TPSA) is 73.0 Å². The first-order valence-corrected chi connectivity index (χ1v) is 9.14. The van der Waals surface area contributed by atoms with Crippen LogP contribution in [-0.4, -0.2) is 65.1 Å². The van der Waals surface area contributed by atoms with E-state index in [9.17, 15) is 14.4 Å². The Hall–Kier alpha value is -2.41. The molecule has 0 aliphatic carbocycles. The molecule has 7 nitrogen and oxygen atoms in total. The van der Waals surface area contributed by atoms with Gasteiger partial charge in [-0.1, -0.05) is 0 Å². The lowest BCUT2D eigenvalue weighted by atomic mass is 10.0. The molecule has 1 aromatic carbocycles. The van der Waals surface area contributed by atoms with Gasteiger partial charge in [-0.15, -0.1) is 0 Å². The van der Waals surface area contributed by atoms with Crippen LogP contribution in [0, 0.1) is 0 Å². The summed E-state index contributed by atoms with van der Waals surface area (Å²) in [4.78, 5) is 39.1. The first-order chi connectivity index (χ1) is 16.3. The van der Waals surface area contributed by atoms with Crippen LogP contribution in [0.1, 0.15) is 60.5 Å². The van der Waals surface area contributed by atoms with E-state index in [2.05, 4.69) is 5.32 Å². The molecule has 2 fully saturated rings. The van der Waals surface area contributed by atoms with Crippen LogP contribution in [0.25, 0.3) is 0 Å². The third kappa shape index (κ3) is 3.39. The van der Waals surface area contributed by atoms with Crippen LogP contribution in [0.3, 0.4) is 0 Å². The highest BCUT2D eigenvalue weighted by Crippen LogP contribution is 2.31. The molecule has 0 saturated carbocycles. The van der Waals surface area contributed by atoms with Crippen molar-refractivity contribution >= 4 is 23.4 Å². The molecule has 28 heavy (non-hydrogen) atoms. The molecule has 1 unspecified atom stereocenters. The number of nitrogens with one attached hydrogen (secondary N) is 1. The van der Waals surface area contributed by atoms with Crippen LogP contribution in [0.4, 0.5) is 5.69 Å². The number of imide groups is 1. The second kappa shape index (κ2) is 6.88. The Kier molecular flexibility index (Phi) is 2.84. The zero-order valence-corrected chi connectivity index (χ0v) is 16.0. The van der Waals surface area contributed by atoms with E-state index in [-0.39, 0.29) is 30.6 Å². The quantitative estimate of drug-likeness (QED) is 0.770. The van der Waals surface area contributed by atoms with Gasteiger partial charge in [0.25, 0.3) is 5.91 Å². The molecule has 3 aliphatic rings. The molecule has 0 spiro atoms. The van der Waals surface area contributed by atoms with Gasteiger partial charge in [0, 0.05) is 61.2 Å². The molecule has 7 heteroatoms. The monoisotopic (exact) mass is 392 g/mol. The van der Waals surface area contributed by atoms with E-state index < -0.39 is 55.3 Å². The van der Waals surface area contributed by atoms with Gasteiger partial charge >= 0.3 is 0 Å². The van der Waals surface area contributed by atoms with Gasteiger partial charge in [0.15, 0.2) is 0 Å². The summed E-state index contributed by atoms with van der Waals surface area (Å²) in [6, 6.07) is 3.04. The van der Waals surface area contributed by atoms with Gasteiger partial charge in [-0.2, -0.15) is 0 Å². The van der Waals surface area contributed by atoms with E-state index in [1.165, 1.54) is 43.9 Å². The molecule has 0 aromatic heterocycles. The smallest absolute Gasteiger partial charge is 0.255 e. The second-order valence-corrected chi connectivity index (χ2v) is 8.03. The number of rotatable bonds is 2. The highest BCUT2D eigenvalue weighted by molar-refractivity contribution is 6.05. The van der Waals surface area contributed by atoms with Crippen molar-refractivity contribution < 1.29 is 25.3 Å². The Morgan fingerprint density at radius 1 is 1.11 bits per heavy atom. The van der Waals surface area contributed by atoms with Gasteiger partial charge in [-0.05, 0) is 51.0 Å². The zero-order chi connectivity index (χ0) is 27.2. The number of carbonyl (C=O) groups excluding carboxylic acids is 3. The average molecular weight is 393 g/mol. The lowest BCUT2D eigenvalue weighted by Crippen LogP contribution is -2.53. The van der Waals surface area contributed by atoms with E-state index in [4.69, 9.17) is 11.0 Å². The van der Waals surface area contributed by atoms with Crippen LogP contribution < -0.4 is 10.2 Å². The highest BCUT2D eigenvalue weighted by atomic mass is 16.2. The minimum Gasteiger partial charge on any atom is -0.369 e.